The Hall–Kier alpha value is -3.07. The summed E-state index contributed by atoms with van der Waals surface area (Å²) < 4.78 is 27.0. The number of carbonyl (C=O) groups excluding carboxylic acids is 2. The van der Waals surface area contributed by atoms with E-state index in [1.165, 1.54) is 4.90 Å². The molecule has 0 saturated carbocycles. The molecule has 40 heavy (non-hydrogen) atoms. The Kier molecular flexibility index (Phi) is 11.0. The van der Waals surface area contributed by atoms with Crippen molar-refractivity contribution in [3.8, 4) is 0 Å². The number of sulfonamides is 1. The van der Waals surface area contributed by atoms with Crippen LogP contribution in [0.2, 0.25) is 10.0 Å². The van der Waals surface area contributed by atoms with E-state index in [4.69, 9.17) is 23.2 Å². The molecule has 1 atom stereocenters. The molecule has 0 heterocycles. The third-order valence-corrected chi connectivity index (χ3v) is 8.08. The van der Waals surface area contributed by atoms with Crippen LogP contribution < -0.4 is 9.62 Å². The lowest BCUT2D eigenvalue weighted by Crippen LogP contribution is -2.53. The minimum absolute atomic E-state index is 0.0175. The van der Waals surface area contributed by atoms with Gasteiger partial charge in [-0.2, -0.15) is 0 Å². The van der Waals surface area contributed by atoms with Crippen molar-refractivity contribution >= 4 is 50.7 Å². The maximum Gasteiger partial charge on any atom is 0.244 e. The minimum atomic E-state index is -3.84. The van der Waals surface area contributed by atoms with Crippen LogP contribution in [0.5, 0.6) is 0 Å². The predicted octanol–water partition coefficient (Wildman–Crippen LogP) is 5.54. The number of hydrogen-bond donors (Lipinski definition) is 1. The Morgan fingerprint density at radius 1 is 0.950 bits per heavy atom. The number of halogens is 2. The van der Waals surface area contributed by atoms with Crippen LogP contribution in [0.25, 0.3) is 0 Å². The van der Waals surface area contributed by atoms with E-state index < -0.39 is 28.5 Å². The molecule has 0 aliphatic heterocycles. The Bertz CT molecular complexity index is 1430. The summed E-state index contributed by atoms with van der Waals surface area (Å²) in [6, 6.07) is 18.8. The molecule has 10 heteroatoms. The molecular weight excluding hydrogens is 569 g/mol. The van der Waals surface area contributed by atoms with E-state index in [0.717, 1.165) is 33.7 Å². The van der Waals surface area contributed by atoms with Crippen molar-refractivity contribution in [3.63, 3.8) is 0 Å². The Morgan fingerprint density at radius 3 is 2.17 bits per heavy atom. The molecule has 1 unspecified atom stereocenters. The summed E-state index contributed by atoms with van der Waals surface area (Å²) in [4.78, 5) is 29.1. The van der Waals surface area contributed by atoms with E-state index in [-0.39, 0.29) is 18.9 Å². The second-order valence-corrected chi connectivity index (χ2v) is 12.6. The minimum Gasteiger partial charge on any atom is -0.354 e. The van der Waals surface area contributed by atoms with Crippen molar-refractivity contribution in [2.24, 2.45) is 0 Å². The predicted molar refractivity (Wildman–Crippen MR) is 162 cm³/mol. The van der Waals surface area contributed by atoms with Gasteiger partial charge in [0.15, 0.2) is 0 Å². The Labute approximate surface area is 247 Å². The van der Waals surface area contributed by atoms with E-state index in [1.807, 2.05) is 57.2 Å². The molecule has 0 aromatic heterocycles. The van der Waals surface area contributed by atoms with Crippen molar-refractivity contribution in [1.82, 2.24) is 10.2 Å². The van der Waals surface area contributed by atoms with Gasteiger partial charge in [-0.25, -0.2) is 8.42 Å². The van der Waals surface area contributed by atoms with E-state index >= 15 is 0 Å². The quantitative estimate of drug-likeness (QED) is 0.294. The summed E-state index contributed by atoms with van der Waals surface area (Å²) in [6.45, 7) is 5.60. The molecule has 0 aliphatic carbocycles. The first kappa shape index (κ1) is 31.5. The van der Waals surface area contributed by atoms with Crippen LogP contribution in [0.15, 0.2) is 66.7 Å². The monoisotopic (exact) mass is 603 g/mol. The third-order valence-electron chi connectivity index (χ3n) is 6.35. The fourth-order valence-corrected chi connectivity index (χ4v) is 5.76. The lowest BCUT2D eigenvalue weighted by Gasteiger charge is -2.33. The van der Waals surface area contributed by atoms with Crippen LogP contribution >= 0.6 is 23.2 Å². The zero-order valence-electron chi connectivity index (χ0n) is 23.2. The summed E-state index contributed by atoms with van der Waals surface area (Å²) in [6.07, 6.45) is 2.01. The van der Waals surface area contributed by atoms with Gasteiger partial charge in [-0.3, -0.25) is 13.9 Å². The second kappa shape index (κ2) is 14.0. The average molecular weight is 605 g/mol. The zero-order valence-corrected chi connectivity index (χ0v) is 25.5. The number of rotatable bonds is 12. The summed E-state index contributed by atoms with van der Waals surface area (Å²) in [5, 5.41) is 3.69. The molecule has 3 rings (SSSR count). The van der Waals surface area contributed by atoms with Crippen LogP contribution in [0, 0.1) is 13.8 Å². The van der Waals surface area contributed by atoms with Crippen LogP contribution in [-0.4, -0.2) is 50.5 Å². The van der Waals surface area contributed by atoms with Gasteiger partial charge in [0.2, 0.25) is 21.8 Å². The fourth-order valence-electron chi connectivity index (χ4n) is 4.46. The summed E-state index contributed by atoms with van der Waals surface area (Å²) in [5.41, 5.74) is 3.54. The number of benzene rings is 3. The third kappa shape index (κ3) is 8.71. The Morgan fingerprint density at radius 2 is 1.60 bits per heavy atom. The number of anilines is 1. The molecule has 7 nitrogen and oxygen atoms in total. The van der Waals surface area contributed by atoms with Crippen molar-refractivity contribution in [1.29, 1.82) is 0 Å². The summed E-state index contributed by atoms with van der Waals surface area (Å²) >= 11 is 12.6. The fraction of sp³-hybridized carbons (Fsp3) is 0.333. The van der Waals surface area contributed by atoms with Gasteiger partial charge in [0, 0.05) is 29.6 Å². The molecule has 214 valence electrons. The number of nitrogens with zero attached hydrogens (tertiary/aromatic N) is 2. The highest BCUT2D eigenvalue weighted by Crippen LogP contribution is 2.26. The Balaban J connectivity index is 2.09. The molecular formula is C30H35Cl2N3O4S. The van der Waals surface area contributed by atoms with Crippen molar-refractivity contribution in [2.45, 2.75) is 46.2 Å². The molecule has 3 aromatic rings. The van der Waals surface area contributed by atoms with Gasteiger partial charge in [-0.1, -0.05) is 72.6 Å². The molecule has 2 amide bonds. The normalized spacial score (nSPS) is 12.1. The van der Waals surface area contributed by atoms with E-state index in [1.54, 1.807) is 30.3 Å². The molecule has 0 bridgehead atoms. The van der Waals surface area contributed by atoms with Crippen LogP contribution in [0.4, 0.5) is 5.69 Å². The topological polar surface area (TPSA) is 86.8 Å². The molecule has 0 saturated heterocycles. The SMILES string of the molecule is CCCNC(=O)C(Cc1ccccc1)N(Cc1ccc(Cl)cc1Cl)C(=O)CN(c1cc(C)cc(C)c1)S(C)(=O)=O. The first-order valence-electron chi connectivity index (χ1n) is 13.0. The highest BCUT2D eigenvalue weighted by molar-refractivity contribution is 7.92. The van der Waals surface area contributed by atoms with Crippen LogP contribution in [0.1, 0.15) is 35.6 Å². The van der Waals surface area contributed by atoms with E-state index in [9.17, 15) is 18.0 Å². The molecule has 0 radical (unpaired) electrons. The number of carbonyl (C=O) groups is 2. The van der Waals surface area contributed by atoms with Crippen molar-refractivity contribution in [3.05, 3.63) is 99.0 Å². The van der Waals surface area contributed by atoms with Crippen molar-refractivity contribution in [2.75, 3.05) is 23.7 Å². The molecule has 0 spiro atoms. The number of aryl methyl sites for hydroxylation is 2. The van der Waals surface area contributed by atoms with Crippen LogP contribution in [0.3, 0.4) is 0 Å². The number of nitrogens with one attached hydrogen (secondary N) is 1. The summed E-state index contributed by atoms with van der Waals surface area (Å²) in [7, 11) is -3.84. The number of amides is 2. The van der Waals surface area contributed by atoms with E-state index in [2.05, 4.69) is 5.32 Å². The molecule has 0 aliphatic rings. The lowest BCUT2D eigenvalue weighted by molar-refractivity contribution is -0.140. The van der Waals surface area contributed by atoms with Gasteiger partial charge in [-0.15, -0.1) is 0 Å². The molecule has 3 aromatic carbocycles. The standard InChI is InChI=1S/C30H35Cl2N3O4S/c1-5-13-33-30(37)28(17-23-9-7-6-8-10-23)34(19-24-11-12-25(31)18-27(24)32)29(36)20-35(40(4,38)39)26-15-21(2)14-22(3)16-26/h6-12,14-16,18,28H,5,13,17,19-20H2,1-4H3,(H,33,37). The first-order chi connectivity index (χ1) is 18.9. The van der Waals surface area contributed by atoms with Crippen molar-refractivity contribution < 1.29 is 18.0 Å². The average Bonchev–Trinajstić information content (AvgIpc) is 2.88. The van der Waals surface area contributed by atoms with Gasteiger partial charge in [0.05, 0.1) is 11.9 Å². The van der Waals surface area contributed by atoms with Gasteiger partial charge in [-0.05, 0) is 66.8 Å². The number of hydrogen-bond acceptors (Lipinski definition) is 4. The van der Waals surface area contributed by atoms with Gasteiger partial charge >= 0.3 is 0 Å². The van der Waals surface area contributed by atoms with Gasteiger partial charge in [0.1, 0.15) is 12.6 Å². The van der Waals surface area contributed by atoms with E-state index in [0.29, 0.717) is 27.8 Å². The summed E-state index contributed by atoms with van der Waals surface area (Å²) in [5.74, 6) is -0.871. The maximum absolute atomic E-state index is 14.1. The van der Waals surface area contributed by atoms with Crippen LogP contribution in [-0.2, 0) is 32.6 Å². The second-order valence-electron chi connectivity index (χ2n) is 9.87. The highest BCUT2D eigenvalue weighted by Gasteiger charge is 2.33. The molecule has 1 N–H and O–H groups in total. The zero-order chi connectivity index (χ0) is 29.4. The van der Waals surface area contributed by atoms with Gasteiger partial charge < -0.3 is 10.2 Å². The smallest absolute Gasteiger partial charge is 0.244 e. The first-order valence-corrected chi connectivity index (χ1v) is 15.6. The largest absolute Gasteiger partial charge is 0.354 e. The molecule has 0 fully saturated rings. The van der Waals surface area contributed by atoms with Gasteiger partial charge in [0.25, 0.3) is 0 Å². The highest BCUT2D eigenvalue weighted by atomic mass is 35.5. The lowest BCUT2D eigenvalue weighted by atomic mass is 10.0. The maximum atomic E-state index is 14.1.